The number of methoxy groups -OCH3 is 2. The molecule has 0 saturated heterocycles. The van der Waals surface area contributed by atoms with Crippen LogP contribution in [0.5, 0.6) is 0 Å². The van der Waals surface area contributed by atoms with Crippen molar-refractivity contribution in [2.24, 2.45) is 0 Å². The Morgan fingerprint density at radius 1 is 1.04 bits per heavy atom. The normalized spacial score (nSPS) is 13.3. The molecule has 0 aliphatic rings. The lowest BCUT2D eigenvalue weighted by atomic mass is 10.1. The smallest absolute Gasteiger partial charge is 0.188 e. The molecule has 0 amide bonds. The molecule has 0 saturated carbocycles. The monoisotopic (exact) mass is 380 g/mol. The lowest BCUT2D eigenvalue weighted by Gasteiger charge is -2.25. The Morgan fingerprint density at radius 3 is 2.23 bits per heavy atom. The summed E-state index contributed by atoms with van der Waals surface area (Å²) < 4.78 is 27.4. The third-order valence-corrected chi connectivity index (χ3v) is 4.37. The van der Waals surface area contributed by atoms with Gasteiger partial charge in [0, 0.05) is 14.2 Å². The maximum Gasteiger partial charge on any atom is 0.188 e. The Balaban J connectivity index is 2.90. The quantitative estimate of drug-likeness (QED) is 0.219. The van der Waals surface area contributed by atoms with Crippen LogP contribution in [-0.4, -0.2) is 42.2 Å². The van der Waals surface area contributed by atoms with Gasteiger partial charge in [-0.3, -0.25) is 0 Å². The summed E-state index contributed by atoms with van der Waals surface area (Å²) in [5, 5.41) is 0. The van der Waals surface area contributed by atoms with Gasteiger partial charge in [-0.2, -0.15) is 0 Å². The van der Waals surface area contributed by atoms with Crippen molar-refractivity contribution < 1.29 is 23.4 Å². The molecule has 5 nitrogen and oxygen atoms in total. The van der Waals surface area contributed by atoms with E-state index >= 15 is 0 Å². The molecule has 26 heavy (non-hydrogen) atoms. The summed E-state index contributed by atoms with van der Waals surface area (Å²) in [6, 6.07) is 10.4. The average Bonchev–Trinajstić information content (AvgIpc) is 2.60. The van der Waals surface area contributed by atoms with E-state index in [1.54, 1.807) is 14.2 Å². The van der Waals surface area contributed by atoms with Crippen LogP contribution in [0.15, 0.2) is 54.5 Å². The Hall–Kier alpha value is -1.60. The van der Waals surface area contributed by atoms with Gasteiger partial charge in [0.2, 0.25) is 0 Å². The summed E-state index contributed by atoms with van der Waals surface area (Å²) in [4.78, 5) is 0. The van der Waals surface area contributed by atoms with E-state index in [0.29, 0.717) is 11.5 Å². The minimum absolute atomic E-state index is 0.100. The van der Waals surface area contributed by atoms with Crippen molar-refractivity contribution in [2.75, 3.05) is 27.8 Å². The number of rotatable bonds is 13. The number of hydrogen-bond donors (Lipinski definition) is 0. The lowest BCUT2D eigenvalue weighted by Crippen LogP contribution is -2.31. The van der Waals surface area contributed by atoms with Crippen molar-refractivity contribution in [3.63, 3.8) is 0 Å². The van der Waals surface area contributed by atoms with Gasteiger partial charge in [-0.1, -0.05) is 36.9 Å². The Morgan fingerprint density at radius 2 is 1.65 bits per heavy atom. The van der Waals surface area contributed by atoms with Crippen molar-refractivity contribution in [1.82, 2.24) is 0 Å². The molecule has 1 rings (SSSR count). The van der Waals surface area contributed by atoms with Gasteiger partial charge >= 0.3 is 0 Å². The summed E-state index contributed by atoms with van der Waals surface area (Å²) >= 11 is 0. The van der Waals surface area contributed by atoms with E-state index in [-0.39, 0.29) is 19.7 Å². The van der Waals surface area contributed by atoms with Crippen LogP contribution >= 0.6 is 0 Å². The highest BCUT2D eigenvalue weighted by Crippen LogP contribution is 2.20. The fourth-order valence-corrected chi connectivity index (χ4v) is 3.39. The van der Waals surface area contributed by atoms with E-state index in [9.17, 15) is 0 Å². The first kappa shape index (κ1) is 22.4. The molecule has 1 unspecified atom stereocenters. The average molecular weight is 381 g/mol. The van der Waals surface area contributed by atoms with Crippen LogP contribution < -0.4 is 0 Å². The van der Waals surface area contributed by atoms with Gasteiger partial charge in [-0.15, -0.1) is 0 Å². The first-order valence-electron chi connectivity index (χ1n) is 8.72. The van der Waals surface area contributed by atoms with Crippen LogP contribution in [0.4, 0.5) is 0 Å². The van der Waals surface area contributed by atoms with Crippen LogP contribution in [0.3, 0.4) is 0 Å². The topological polar surface area (TPSA) is 46.2 Å². The molecule has 0 fully saturated rings. The van der Waals surface area contributed by atoms with Gasteiger partial charge in [-0.25, -0.2) is 0 Å². The van der Waals surface area contributed by atoms with Crippen LogP contribution in [0, 0.1) is 0 Å². The first-order chi connectivity index (χ1) is 12.4. The summed E-state index contributed by atoms with van der Waals surface area (Å²) in [6.45, 7) is 10.6. The van der Waals surface area contributed by atoms with E-state index in [1.165, 1.54) is 5.56 Å². The van der Waals surface area contributed by atoms with Crippen LogP contribution in [-0.2, 0) is 29.8 Å². The second kappa shape index (κ2) is 11.9. The number of ether oxygens (including phenoxy) is 4. The molecule has 0 aliphatic heterocycles. The number of hydrogen-bond acceptors (Lipinski definition) is 5. The number of aryl methyl sites for hydroxylation is 1. The summed E-state index contributed by atoms with van der Waals surface area (Å²) in [6.07, 6.45) is 3.58. The Labute approximate surface area is 158 Å². The van der Waals surface area contributed by atoms with Crippen molar-refractivity contribution in [3.8, 4) is 0 Å². The fourth-order valence-electron chi connectivity index (χ4n) is 2.30. The summed E-state index contributed by atoms with van der Waals surface area (Å²) in [5.74, 6) is 0.910. The standard InChI is InChI=1S/C20H32O5Si/c1-17(23-15-21-2)20(24-16-22-3)14-19(25-26(4,5)6)13-12-18-10-8-7-9-11-18/h7-11,14,19H,1,12-13,15-16H2,2-6H3/b20-14-. The molecule has 1 aromatic carbocycles. The Kier molecular flexibility index (Phi) is 10.3. The van der Waals surface area contributed by atoms with E-state index in [0.717, 1.165) is 12.8 Å². The van der Waals surface area contributed by atoms with Crippen molar-refractivity contribution in [1.29, 1.82) is 0 Å². The van der Waals surface area contributed by atoms with Crippen molar-refractivity contribution in [2.45, 2.75) is 38.6 Å². The highest BCUT2D eigenvalue weighted by Gasteiger charge is 2.21. The number of benzene rings is 1. The SMILES string of the molecule is C=C(OCOC)/C(=C/C(CCc1ccccc1)O[Si](C)(C)C)OCOC. The molecule has 0 aliphatic carbocycles. The third kappa shape index (κ3) is 9.77. The zero-order valence-corrected chi connectivity index (χ0v) is 17.6. The minimum atomic E-state index is -1.74. The minimum Gasteiger partial charge on any atom is -0.464 e. The van der Waals surface area contributed by atoms with Gasteiger partial charge in [-0.05, 0) is 44.1 Å². The van der Waals surface area contributed by atoms with E-state index in [1.807, 2.05) is 24.3 Å². The highest BCUT2D eigenvalue weighted by molar-refractivity contribution is 6.69. The Bertz CT molecular complexity index is 551. The second-order valence-corrected chi connectivity index (χ2v) is 11.3. The zero-order chi connectivity index (χ0) is 19.4. The van der Waals surface area contributed by atoms with Gasteiger partial charge < -0.3 is 23.4 Å². The first-order valence-corrected chi connectivity index (χ1v) is 12.1. The predicted molar refractivity (Wildman–Crippen MR) is 106 cm³/mol. The molecule has 0 spiro atoms. The molecule has 0 heterocycles. The van der Waals surface area contributed by atoms with Crippen molar-refractivity contribution in [3.05, 3.63) is 60.1 Å². The maximum absolute atomic E-state index is 6.34. The van der Waals surface area contributed by atoms with E-state index < -0.39 is 8.32 Å². The zero-order valence-electron chi connectivity index (χ0n) is 16.6. The van der Waals surface area contributed by atoms with Gasteiger partial charge in [0.1, 0.15) is 0 Å². The second-order valence-electron chi connectivity index (χ2n) is 6.85. The molecule has 0 N–H and O–H groups in total. The van der Waals surface area contributed by atoms with E-state index in [4.69, 9.17) is 23.4 Å². The fraction of sp³-hybridized carbons (Fsp3) is 0.500. The molecule has 6 heteroatoms. The van der Waals surface area contributed by atoms with Crippen LogP contribution in [0.2, 0.25) is 19.6 Å². The molecule has 1 atom stereocenters. The largest absolute Gasteiger partial charge is 0.464 e. The molecule has 0 bridgehead atoms. The van der Waals surface area contributed by atoms with Crippen LogP contribution in [0.25, 0.3) is 0 Å². The molecule has 1 aromatic rings. The molecule has 0 aromatic heterocycles. The summed E-state index contributed by atoms with van der Waals surface area (Å²) in [7, 11) is 1.39. The summed E-state index contributed by atoms with van der Waals surface area (Å²) in [5.41, 5.74) is 1.28. The van der Waals surface area contributed by atoms with Gasteiger partial charge in [0.05, 0.1) is 6.10 Å². The third-order valence-electron chi connectivity index (χ3n) is 3.36. The predicted octanol–water partition coefficient (Wildman–Crippen LogP) is 4.48. The van der Waals surface area contributed by atoms with Crippen LogP contribution in [0.1, 0.15) is 12.0 Å². The lowest BCUT2D eigenvalue weighted by molar-refractivity contribution is -0.0257. The molecular weight excluding hydrogens is 348 g/mol. The van der Waals surface area contributed by atoms with E-state index in [2.05, 4.69) is 38.4 Å². The van der Waals surface area contributed by atoms with Gasteiger partial charge in [0.15, 0.2) is 33.4 Å². The molecular formula is C20H32O5Si. The van der Waals surface area contributed by atoms with Gasteiger partial charge in [0.25, 0.3) is 0 Å². The molecule has 146 valence electrons. The van der Waals surface area contributed by atoms with Crippen molar-refractivity contribution >= 4 is 8.32 Å². The molecule has 0 radical (unpaired) electrons. The maximum atomic E-state index is 6.34. The highest BCUT2D eigenvalue weighted by atomic mass is 28.4.